The van der Waals surface area contributed by atoms with Gasteiger partial charge in [0.05, 0.1) is 17.9 Å². The zero-order valence-corrected chi connectivity index (χ0v) is 10.2. The summed E-state index contributed by atoms with van der Waals surface area (Å²) in [5.74, 6) is 0.736. The van der Waals surface area contributed by atoms with Crippen LogP contribution in [0.2, 0.25) is 0 Å². The first-order valence-corrected chi connectivity index (χ1v) is 5.78. The Hall–Kier alpha value is -2.18. The Morgan fingerprint density at radius 1 is 1.39 bits per heavy atom. The van der Waals surface area contributed by atoms with Crippen molar-refractivity contribution in [3.05, 3.63) is 28.6 Å². The number of hydrogen-bond donors (Lipinski definition) is 1. The molecule has 7 heteroatoms. The molecule has 3 heterocycles. The van der Waals surface area contributed by atoms with Gasteiger partial charge in [0.2, 0.25) is 0 Å². The van der Waals surface area contributed by atoms with Gasteiger partial charge < -0.3 is 9.88 Å². The lowest BCUT2D eigenvalue weighted by atomic mass is 10.1. The normalized spacial score (nSPS) is 14.7. The Bertz CT molecular complexity index is 600. The molecule has 0 atom stereocenters. The average molecular weight is 247 g/mol. The summed E-state index contributed by atoms with van der Waals surface area (Å²) in [5.41, 5.74) is 2.86. The Labute approximate surface area is 103 Å². The lowest BCUT2D eigenvalue weighted by Gasteiger charge is -2.25. The maximum Gasteiger partial charge on any atom is 0.278 e. The van der Waals surface area contributed by atoms with Gasteiger partial charge in [0.25, 0.3) is 5.91 Å². The largest absolute Gasteiger partial charge is 0.344 e. The summed E-state index contributed by atoms with van der Waals surface area (Å²) in [6.07, 6.45) is 0.760. The van der Waals surface area contributed by atoms with Crippen LogP contribution >= 0.6 is 0 Å². The number of aromatic nitrogens is 4. The first kappa shape index (κ1) is 10.9. The molecule has 0 spiro atoms. The van der Waals surface area contributed by atoms with E-state index >= 15 is 0 Å². The van der Waals surface area contributed by atoms with E-state index in [1.165, 1.54) is 0 Å². The zero-order valence-electron chi connectivity index (χ0n) is 10.2. The van der Waals surface area contributed by atoms with Gasteiger partial charge in [-0.1, -0.05) is 5.16 Å². The smallest absolute Gasteiger partial charge is 0.278 e. The standard InChI is InChI=1S/C11H13N5O2/c1-6-10(15-18-14-6)11(17)16-4-3-8-9(5-16)13-7(2)12-8/h3-5H2,1-2H3,(H,12,13). The van der Waals surface area contributed by atoms with Gasteiger partial charge in [-0.2, -0.15) is 0 Å². The second kappa shape index (κ2) is 3.94. The van der Waals surface area contributed by atoms with Crippen LogP contribution in [-0.4, -0.2) is 37.6 Å². The van der Waals surface area contributed by atoms with Gasteiger partial charge in [-0.05, 0) is 19.0 Å². The van der Waals surface area contributed by atoms with Crippen LogP contribution in [-0.2, 0) is 13.0 Å². The third kappa shape index (κ3) is 1.68. The highest BCUT2D eigenvalue weighted by molar-refractivity contribution is 5.93. The van der Waals surface area contributed by atoms with Crippen LogP contribution in [0.5, 0.6) is 0 Å². The molecule has 1 amide bonds. The maximum absolute atomic E-state index is 12.2. The second-order valence-electron chi connectivity index (χ2n) is 4.42. The predicted molar refractivity (Wildman–Crippen MR) is 60.8 cm³/mol. The summed E-state index contributed by atoms with van der Waals surface area (Å²) in [5, 5.41) is 7.28. The minimum Gasteiger partial charge on any atom is -0.344 e. The molecular formula is C11H13N5O2. The third-order valence-corrected chi connectivity index (χ3v) is 3.09. The monoisotopic (exact) mass is 247 g/mol. The Morgan fingerprint density at radius 3 is 2.94 bits per heavy atom. The predicted octanol–water partition coefficient (Wildman–Crippen LogP) is 0.608. The summed E-state index contributed by atoms with van der Waals surface area (Å²) in [4.78, 5) is 21.5. The lowest BCUT2D eigenvalue weighted by Crippen LogP contribution is -2.36. The molecule has 18 heavy (non-hydrogen) atoms. The molecule has 7 nitrogen and oxygen atoms in total. The summed E-state index contributed by atoms with van der Waals surface area (Å²) in [6, 6.07) is 0. The van der Waals surface area contributed by atoms with Crippen molar-refractivity contribution in [2.24, 2.45) is 0 Å². The summed E-state index contributed by atoms with van der Waals surface area (Å²) >= 11 is 0. The molecule has 1 aliphatic heterocycles. The summed E-state index contributed by atoms with van der Waals surface area (Å²) < 4.78 is 4.56. The third-order valence-electron chi connectivity index (χ3n) is 3.09. The Morgan fingerprint density at radius 2 is 2.22 bits per heavy atom. The molecule has 2 aromatic heterocycles. The molecule has 1 aliphatic rings. The highest BCUT2D eigenvalue weighted by Crippen LogP contribution is 2.18. The van der Waals surface area contributed by atoms with Crippen molar-refractivity contribution in [3.8, 4) is 0 Å². The van der Waals surface area contributed by atoms with Crippen molar-refractivity contribution in [1.82, 2.24) is 25.2 Å². The van der Waals surface area contributed by atoms with Crippen LogP contribution in [0.3, 0.4) is 0 Å². The first-order valence-electron chi connectivity index (χ1n) is 5.78. The van der Waals surface area contributed by atoms with Crippen LogP contribution in [0.15, 0.2) is 4.63 Å². The molecule has 3 rings (SSSR count). The molecule has 0 unspecified atom stereocenters. The summed E-state index contributed by atoms with van der Waals surface area (Å²) in [7, 11) is 0. The number of nitrogens with one attached hydrogen (secondary N) is 1. The number of carbonyl (C=O) groups is 1. The number of nitrogens with zero attached hydrogens (tertiary/aromatic N) is 4. The van der Waals surface area contributed by atoms with Gasteiger partial charge in [-0.15, -0.1) is 0 Å². The quantitative estimate of drug-likeness (QED) is 0.797. The van der Waals surface area contributed by atoms with Crippen molar-refractivity contribution in [2.45, 2.75) is 26.8 Å². The molecule has 0 bridgehead atoms. The second-order valence-corrected chi connectivity index (χ2v) is 4.42. The van der Waals surface area contributed by atoms with E-state index in [0.717, 1.165) is 23.6 Å². The van der Waals surface area contributed by atoms with Crippen LogP contribution in [0.25, 0.3) is 0 Å². The van der Waals surface area contributed by atoms with Gasteiger partial charge in [0.1, 0.15) is 11.5 Å². The van der Waals surface area contributed by atoms with Gasteiger partial charge in [-0.25, -0.2) is 9.61 Å². The number of rotatable bonds is 1. The molecule has 0 aliphatic carbocycles. The van der Waals surface area contributed by atoms with Crippen LogP contribution in [0.1, 0.15) is 33.4 Å². The molecule has 94 valence electrons. The van der Waals surface area contributed by atoms with Crippen LogP contribution in [0.4, 0.5) is 0 Å². The minimum absolute atomic E-state index is 0.147. The van der Waals surface area contributed by atoms with Gasteiger partial charge >= 0.3 is 0 Å². The number of fused-ring (bicyclic) bond motifs is 1. The number of carbonyl (C=O) groups excluding carboxylic acids is 1. The molecule has 2 aromatic rings. The number of amides is 1. The van der Waals surface area contributed by atoms with Crippen molar-refractivity contribution in [2.75, 3.05) is 6.54 Å². The van der Waals surface area contributed by atoms with Gasteiger partial charge in [0.15, 0.2) is 5.69 Å². The highest BCUT2D eigenvalue weighted by Gasteiger charge is 2.27. The van der Waals surface area contributed by atoms with Gasteiger partial charge in [0, 0.05) is 13.0 Å². The van der Waals surface area contributed by atoms with E-state index in [-0.39, 0.29) is 11.6 Å². The molecule has 0 radical (unpaired) electrons. The molecule has 0 saturated heterocycles. The number of H-pyrrole nitrogens is 1. The first-order chi connectivity index (χ1) is 8.65. The van der Waals surface area contributed by atoms with E-state index in [1.807, 2.05) is 6.92 Å². The van der Waals surface area contributed by atoms with E-state index in [1.54, 1.807) is 11.8 Å². The van der Waals surface area contributed by atoms with E-state index in [4.69, 9.17) is 0 Å². The van der Waals surface area contributed by atoms with Gasteiger partial charge in [-0.3, -0.25) is 4.79 Å². The maximum atomic E-state index is 12.2. The fourth-order valence-electron chi connectivity index (χ4n) is 2.19. The average Bonchev–Trinajstić information content (AvgIpc) is 2.91. The van der Waals surface area contributed by atoms with Crippen molar-refractivity contribution in [1.29, 1.82) is 0 Å². The fourth-order valence-corrected chi connectivity index (χ4v) is 2.19. The summed E-state index contributed by atoms with van der Waals surface area (Å²) in [6.45, 7) is 4.79. The Kier molecular flexibility index (Phi) is 2.39. The molecular weight excluding hydrogens is 234 g/mol. The Balaban J connectivity index is 1.84. The van der Waals surface area contributed by atoms with Crippen molar-refractivity contribution >= 4 is 5.91 Å². The lowest BCUT2D eigenvalue weighted by molar-refractivity contribution is 0.0720. The van der Waals surface area contributed by atoms with E-state index < -0.39 is 0 Å². The molecule has 1 N–H and O–H groups in total. The zero-order chi connectivity index (χ0) is 12.7. The minimum atomic E-state index is -0.147. The topological polar surface area (TPSA) is 87.9 Å². The number of aryl methyl sites for hydroxylation is 2. The van der Waals surface area contributed by atoms with E-state index in [9.17, 15) is 4.79 Å². The molecule has 0 fully saturated rings. The van der Waals surface area contributed by atoms with E-state index in [0.29, 0.717) is 18.8 Å². The number of imidazole rings is 1. The van der Waals surface area contributed by atoms with Crippen LogP contribution in [0, 0.1) is 13.8 Å². The van der Waals surface area contributed by atoms with Crippen molar-refractivity contribution in [3.63, 3.8) is 0 Å². The fraction of sp³-hybridized carbons (Fsp3) is 0.455. The van der Waals surface area contributed by atoms with E-state index in [2.05, 4.69) is 24.9 Å². The van der Waals surface area contributed by atoms with Crippen molar-refractivity contribution < 1.29 is 9.42 Å². The van der Waals surface area contributed by atoms with Crippen LogP contribution < -0.4 is 0 Å². The highest BCUT2D eigenvalue weighted by atomic mass is 16.6. The number of hydrogen-bond acceptors (Lipinski definition) is 5. The molecule has 0 saturated carbocycles. The molecule has 0 aromatic carbocycles. The SMILES string of the molecule is Cc1nc2c([nH]1)CN(C(=O)c1nonc1C)CC2. The number of aromatic amines is 1.